The molecule has 1 heterocycles. The first-order valence-corrected chi connectivity index (χ1v) is 7.48. The molecule has 118 valence electrons. The molecule has 22 heavy (non-hydrogen) atoms. The van der Waals surface area contributed by atoms with Crippen LogP contribution in [0.2, 0.25) is 0 Å². The van der Waals surface area contributed by atoms with Crippen LogP contribution in [0.15, 0.2) is 33.5 Å². The molecular formula is C17H21NO4. The maximum absolute atomic E-state index is 11.6. The molecule has 0 unspecified atom stereocenters. The monoisotopic (exact) mass is 303 g/mol. The summed E-state index contributed by atoms with van der Waals surface area (Å²) >= 11 is 0. The number of amides is 1. The lowest BCUT2D eigenvalue weighted by atomic mass is 10.1. The number of rotatable bonds is 6. The first-order chi connectivity index (χ1) is 10.5. The number of ether oxygens (including phenoxy) is 1. The number of benzene rings is 1. The predicted octanol–water partition coefficient (Wildman–Crippen LogP) is 2.65. The minimum Gasteiger partial charge on any atom is -0.484 e. The van der Waals surface area contributed by atoms with E-state index in [2.05, 4.69) is 12.2 Å². The van der Waals surface area contributed by atoms with Crippen LogP contribution in [0.1, 0.15) is 32.8 Å². The Hall–Kier alpha value is -2.30. The molecule has 1 amide bonds. The van der Waals surface area contributed by atoms with Crippen molar-refractivity contribution in [3.8, 4) is 5.75 Å². The highest BCUT2D eigenvalue weighted by Crippen LogP contribution is 2.23. The third-order valence-corrected chi connectivity index (χ3v) is 3.14. The van der Waals surface area contributed by atoms with E-state index in [0.29, 0.717) is 11.3 Å². The number of aryl methyl sites for hydroxylation is 1. The zero-order valence-electron chi connectivity index (χ0n) is 13.1. The molecule has 0 atom stereocenters. The van der Waals surface area contributed by atoms with Crippen LogP contribution in [0.25, 0.3) is 11.0 Å². The van der Waals surface area contributed by atoms with Crippen LogP contribution in [0.4, 0.5) is 0 Å². The summed E-state index contributed by atoms with van der Waals surface area (Å²) in [5.41, 5.74) is 1.08. The molecule has 0 spiro atoms. The fourth-order valence-electron chi connectivity index (χ4n) is 2.29. The van der Waals surface area contributed by atoms with Crippen LogP contribution < -0.4 is 15.7 Å². The van der Waals surface area contributed by atoms with Gasteiger partial charge in [0.2, 0.25) is 0 Å². The third-order valence-electron chi connectivity index (χ3n) is 3.14. The second kappa shape index (κ2) is 7.11. The fraction of sp³-hybridized carbons (Fsp3) is 0.412. The summed E-state index contributed by atoms with van der Waals surface area (Å²) in [6.45, 7) is 5.77. The SMILES string of the molecule is CCCc1cc(=O)oc2cc(OCC(=O)NC(C)C)ccc12. The maximum Gasteiger partial charge on any atom is 0.336 e. The number of hydrogen-bond donors (Lipinski definition) is 1. The van der Waals surface area contributed by atoms with Crippen LogP contribution in [-0.2, 0) is 11.2 Å². The molecule has 0 aliphatic carbocycles. The lowest BCUT2D eigenvalue weighted by Crippen LogP contribution is -2.34. The Labute approximate surface area is 129 Å². The molecule has 1 aromatic heterocycles. The first-order valence-electron chi connectivity index (χ1n) is 7.48. The van der Waals surface area contributed by atoms with Crippen molar-refractivity contribution < 1.29 is 13.9 Å². The van der Waals surface area contributed by atoms with Gasteiger partial charge < -0.3 is 14.5 Å². The molecule has 0 aliphatic heterocycles. The van der Waals surface area contributed by atoms with E-state index in [9.17, 15) is 9.59 Å². The molecule has 5 nitrogen and oxygen atoms in total. The smallest absolute Gasteiger partial charge is 0.336 e. The molecule has 0 bridgehead atoms. The molecular weight excluding hydrogens is 282 g/mol. The molecule has 5 heteroatoms. The molecule has 0 aliphatic rings. The van der Waals surface area contributed by atoms with Gasteiger partial charge in [-0.05, 0) is 38.0 Å². The molecule has 1 aromatic carbocycles. The molecule has 1 N–H and O–H groups in total. The Balaban J connectivity index is 2.20. The van der Waals surface area contributed by atoms with Crippen molar-refractivity contribution in [3.05, 3.63) is 40.2 Å². The van der Waals surface area contributed by atoms with E-state index in [-0.39, 0.29) is 24.2 Å². The number of carbonyl (C=O) groups is 1. The van der Waals surface area contributed by atoms with Crippen LogP contribution in [0.3, 0.4) is 0 Å². The van der Waals surface area contributed by atoms with Gasteiger partial charge >= 0.3 is 5.63 Å². The summed E-state index contributed by atoms with van der Waals surface area (Å²) in [7, 11) is 0. The van der Waals surface area contributed by atoms with E-state index in [0.717, 1.165) is 23.8 Å². The Morgan fingerprint density at radius 3 is 2.77 bits per heavy atom. The van der Waals surface area contributed by atoms with Gasteiger partial charge in [0.25, 0.3) is 5.91 Å². The summed E-state index contributed by atoms with van der Waals surface area (Å²) in [6.07, 6.45) is 1.77. The average molecular weight is 303 g/mol. The minimum atomic E-state index is -0.370. The van der Waals surface area contributed by atoms with Gasteiger partial charge in [-0.15, -0.1) is 0 Å². The molecule has 2 aromatic rings. The molecule has 2 rings (SSSR count). The van der Waals surface area contributed by atoms with Crippen molar-refractivity contribution in [2.24, 2.45) is 0 Å². The van der Waals surface area contributed by atoms with Crippen LogP contribution in [0, 0.1) is 0 Å². The average Bonchev–Trinajstić information content (AvgIpc) is 2.44. The highest BCUT2D eigenvalue weighted by atomic mass is 16.5. The Morgan fingerprint density at radius 1 is 1.32 bits per heavy atom. The first kappa shape index (κ1) is 16.1. The van der Waals surface area contributed by atoms with Gasteiger partial charge in [-0.2, -0.15) is 0 Å². The van der Waals surface area contributed by atoms with Gasteiger partial charge in [0.1, 0.15) is 11.3 Å². The molecule has 0 radical (unpaired) electrons. The Morgan fingerprint density at radius 2 is 2.09 bits per heavy atom. The van der Waals surface area contributed by atoms with Gasteiger partial charge in [-0.1, -0.05) is 13.3 Å². The topological polar surface area (TPSA) is 68.5 Å². The molecule has 0 fully saturated rings. The zero-order chi connectivity index (χ0) is 16.1. The highest BCUT2D eigenvalue weighted by molar-refractivity contribution is 5.82. The molecule has 0 saturated heterocycles. The largest absolute Gasteiger partial charge is 0.484 e. The summed E-state index contributed by atoms with van der Waals surface area (Å²) in [6, 6.07) is 6.90. The lowest BCUT2D eigenvalue weighted by molar-refractivity contribution is -0.123. The van der Waals surface area contributed by atoms with E-state index in [1.807, 2.05) is 19.9 Å². The van der Waals surface area contributed by atoms with Crippen LogP contribution in [0.5, 0.6) is 5.75 Å². The summed E-state index contributed by atoms with van der Waals surface area (Å²) < 4.78 is 10.7. The van der Waals surface area contributed by atoms with Gasteiger partial charge in [0.05, 0.1) is 0 Å². The molecule has 0 saturated carbocycles. The van der Waals surface area contributed by atoms with E-state index < -0.39 is 0 Å². The summed E-state index contributed by atoms with van der Waals surface area (Å²) in [5.74, 6) is 0.319. The second-order valence-corrected chi connectivity index (χ2v) is 5.51. The van der Waals surface area contributed by atoms with Gasteiger partial charge in [0, 0.05) is 23.6 Å². The summed E-state index contributed by atoms with van der Waals surface area (Å²) in [4.78, 5) is 23.2. The van der Waals surface area contributed by atoms with Crippen molar-refractivity contribution in [2.75, 3.05) is 6.61 Å². The van der Waals surface area contributed by atoms with E-state index >= 15 is 0 Å². The standard InChI is InChI=1S/C17H21NO4/c1-4-5-12-8-17(20)22-15-9-13(6-7-14(12)15)21-10-16(19)18-11(2)3/h6-9,11H,4-5,10H2,1-3H3,(H,18,19). The maximum atomic E-state index is 11.6. The van der Waals surface area contributed by atoms with Crippen LogP contribution in [-0.4, -0.2) is 18.6 Å². The Kier molecular flexibility index (Phi) is 5.20. The van der Waals surface area contributed by atoms with Gasteiger partial charge in [-0.3, -0.25) is 4.79 Å². The normalized spacial score (nSPS) is 10.9. The van der Waals surface area contributed by atoms with Gasteiger partial charge in [-0.25, -0.2) is 4.79 Å². The minimum absolute atomic E-state index is 0.0669. The second-order valence-electron chi connectivity index (χ2n) is 5.51. The number of hydrogen-bond acceptors (Lipinski definition) is 4. The number of carbonyl (C=O) groups excluding carboxylic acids is 1. The number of nitrogens with one attached hydrogen (secondary N) is 1. The Bertz CT molecular complexity index is 718. The fourth-order valence-corrected chi connectivity index (χ4v) is 2.29. The van der Waals surface area contributed by atoms with Crippen molar-refractivity contribution in [2.45, 2.75) is 39.7 Å². The van der Waals surface area contributed by atoms with E-state index in [1.165, 1.54) is 6.07 Å². The number of fused-ring (bicyclic) bond motifs is 1. The van der Waals surface area contributed by atoms with Crippen molar-refractivity contribution in [1.82, 2.24) is 5.32 Å². The summed E-state index contributed by atoms with van der Waals surface area (Å²) in [5, 5.41) is 3.65. The van der Waals surface area contributed by atoms with Crippen molar-refractivity contribution in [1.29, 1.82) is 0 Å². The van der Waals surface area contributed by atoms with E-state index in [1.54, 1.807) is 12.1 Å². The van der Waals surface area contributed by atoms with Crippen molar-refractivity contribution >= 4 is 16.9 Å². The third kappa shape index (κ3) is 4.10. The van der Waals surface area contributed by atoms with Crippen molar-refractivity contribution in [3.63, 3.8) is 0 Å². The van der Waals surface area contributed by atoms with E-state index in [4.69, 9.17) is 9.15 Å². The van der Waals surface area contributed by atoms with Gasteiger partial charge in [0.15, 0.2) is 6.61 Å². The lowest BCUT2D eigenvalue weighted by Gasteiger charge is -2.10. The quantitative estimate of drug-likeness (QED) is 0.833. The highest BCUT2D eigenvalue weighted by Gasteiger charge is 2.08. The predicted molar refractivity (Wildman–Crippen MR) is 85.3 cm³/mol. The van der Waals surface area contributed by atoms with Crippen LogP contribution >= 0.6 is 0 Å². The zero-order valence-corrected chi connectivity index (χ0v) is 13.1.